The van der Waals surface area contributed by atoms with Crippen molar-refractivity contribution in [2.24, 2.45) is 0 Å². The Morgan fingerprint density at radius 3 is 2.51 bits per heavy atom. The van der Waals surface area contributed by atoms with E-state index in [0.717, 1.165) is 16.2 Å². The molecule has 0 saturated carbocycles. The summed E-state index contributed by atoms with van der Waals surface area (Å²) < 4.78 is 20.1. The first kappa shape index (κ1) is 33.4. The molecule has 1 atom stereocenters. The van der Waals surface area contributed by atoms with Crippen molar-refractivity contribution >= 4 is 51.9 Å². The van der Waals surface area contributed by atoms with Gasteiger partial charge >= 0.3 is 0 Å². The van der Waals surface area contributed by atoms with Crippen LogP contribution in [0.1, 0.15) is 33.6 Å². The molecule has 53 heavy (non-hydrogen) atoms. The number of anilines is 2. The molecule has 5 aromatic rings. The highest BCUT2D eigenvalue weighted by atomic mass is 19.1. The van der Waals surface area contributed by atoms with Gasteiger partial charge in [0.2, 0.25) is 17.7 Å². The van der Waals surface area contributed by atoms with Gasteiger partial charge in [-0.2, -0.15) is 5.10 Å². The molecule has 3 aliphatic rings. The van der Waals surface area contributed by atoms with E-state index in [2.05, 4.69) is 35.7 Å². The van der Waals surface area contributed by atoms with E-state index in [-0.39, 0.29) is 47.8 Å². The van der Waals surface area contributed by atoms with Crippen LogP contribution >= 0.6 is 0 Å². The van der Waals surface area contributed by atoms with Crippen LogP contribution in [0, 0.1) is 5.82 Å². The Hall–Kier alpha value is -6.71. The average Bonchev–Trinajstić information content (AvgIpc) is 3.71. The molecule has 0 aliphatic carbocycles. The molecule has 15 nitrogen and oxygen atoms in total. The minimum atomic E-state index is -1.05. The van der Waals surface area contributed by atoms with Gasteiger partial charge in [-0.3, -0.25) is 39.3 Å². The van der Waals surface area contributed by atoms with Crippen molar-refractivity contribution in [1.29, 1.82) is 0 Å². The second-order valence-electron chi connectivity index (χ2n) is 12.8. The number of halogens is 1. The topological polar surface area (TPSA) is 183 Å². The van der Waals surface area contributed by atoms with E-state index in [9.17, 15) is 28.4 Å². The number of fused-ring (bicyclic) bond motifs is 2. The largest absolute Gasteiger partial charge is 0.496 e. The summed E-state index contributed by atoms with van der Waals surface area (Å²) in [4.78, 5) is 77.0. The summed E-state index contributed by atoms with van der Waals surface area (Å²) in [6.45, 7) is 2.22. The predicted molar refractivity (Wildman–Crippen MR) is 189 cm³/mol. The van der Waals surface area contributed by atoms with Crippen molar-refractivity contribution in [1.82, 2.24) is 35.3 Å². The Morgan fingerprint density at radius 1 is 0.981 bits per heavy atom. The zero-order chi connectivity index (χ0) is 36.8. The number of hydrogen-bond acceptors (Lipinski definition) is 11. The second kappa shape index (κ2) is 13.4. The summed E-state index contributed by atoms with van der Waals surface area (Å²) in [5.41, 5.74) is 4.50. The van der Waals surface area contributed by atoms with Crippen LogP contribution in [-0.4, -0.2) is 105 Å². The number of ether oxygens (including phenoxy) is 1. The number of H-pyrrole nitrogens is 1. The van der Waals surface area contributed by atoms with Gasteiger partial charge in [0.05, 0.1) is 36.5 Å². The lowest BCUT2D eigenvalue weighted by Crippen LogP contribution is -2.54. The summed E-state index contributed by atoms with van der Waals surface area (Å²) in [5.74, 6) is -2.40. The number of aromatic nitrogens is 4. The number of methoxy groups -OCH3 is 1. The third-order valence-electron chi connectivity index (χ3n) is 9.74. The summed E-state index contributed by atoms with van der Waals surface area (Å²) in [6.07, 6.45) is 1.68. The molecule has 2 aromatic heterocycles. The van der Waals surface area contributed by atoms with Crippen molar-refractivity contribution in [3.8, 4) is 28.4 Å². The molecule has 1 unspecified atom stereocenters. The molecule has 2 fully saturated rings. The maximum absolute atomic E-state index is 14.8. The zero-order valence-corrected chi connectivity index (χ0v) is 28.4. The van der Waals surface area contributed by atoms with E-state index in [4.69, 9.17) is 4.74 Å². The third kappa shape index (κ3) is 6.07. The van der Waals surface area contributed by atoms with Crippen LogP contribution in [0.5, 0.6) is 5.75 Å². The Balaban J connectivity index is 0.879. The number of piperazine rings is 1. The van der Waals surface area contributed by atoms with Gasteiger partial charge in [0.15, 0.2) is 5.82 Å². The van der Waals surface area contributed by atoms with Crippen molar-refractivity contribution in [3.63, 3.8) is 0 Å². The summed E-state index contributed by atoms with van der Waals surface area (Å²) in [6, 6.07) is 16.0. The normalized spacial score (nSPS) is 17.3. The number of amides is 5. The molecular weight excluding hydrogens is 685 g/mol. The fraction of sp³-hybridized carbons (Fsp3) is 0.243. The number of carbonyl (C=O) groups excluding carboxylic acids is 5. The number of imide groups is 2. The van der Waals surface area contributed by atoms with Crippen LogP contribution in [0.3, 0.4) is 0 Å². The lowest BCUT2D eigenvalue weighted by molar-refractivity contribution is -0.136. The lowest BCUT2D eigenvalue weighted by Gasteiger charge is -2.36. The number of carbonyl (C=O) groups is 5. The van der Waals surface area contributed by atoms with Crippen LogP contribution in [0.15, 0.2) is 66.9 Å². The van der Waals surface area contributed by atoms with E-state index in [1.165, 1.54) is 25.3 Å². The van der Waals surface area contributed by atoms with E-state index in [1.807, 2.05) is 24.3 Å². The first-order valence-electron chi connectivity index (χ1n) is 17.0. The molecule has 0 spiro atoms. The fourth-order valence-electron chi connectivity index (χ4n) is 6.94. The molecule has 2 saturated heterocycles. The molecule has 5 heterocycles. The van der Waals surface area contributed by atoms with Gasteiger partial charge in [-0.15, -0.1) is 0 Å². The molecule has 0 radical (unpaired) electrons. The standard InChI is InChI=1S/C37H32FN9O6/c1-53-28-4-2-3-25(38)31(28)34-40-18-26-33(42-34)32(44-43-26)20-5-8-22(9-6-20)45-13-15-46(16-14-45)30(49)19-39-21-7-10-23-24(17-21)37(52)47(36(23)51)27-11-12-29(48)41-35(27)50/h2-10,17-18,27,39H,11-16,19H2,1H3,(H,43,44)(H,41,48,50). The first-order chi connectivity index (χ1) is 25.7. The van der Waals surface area contributed by atoms with E-state index in [1.54, 1.807) is 29.3 Å². The SMILES string of the molecule is COc1cccc(F)c1-c1ncc2[nH]nc(-c3ccc(N4CCN(C(=O)CNc5ccc6c(c5)C(=O)N(C5CCC(=O)NC5=O)C6=O)CC4)cc3)c2n1. The van der Waals surface area contributed by atoms with Crippen molar-refractivity contribution in [3.05, 3.63) is 83.8 Å². The number of piperidine rings is 1. The molecule has 16 heteroatoms. The predicted octanol–water partition coefficient (Wildman–Crippen LogP) is 3.00. The second-order valence-corrected chi connectivity index (χ2v) is 12.8. The molecule has 3 aliphatic heterocycles. The Bertz CT molecular complexity index is 2320. The molecule has 3 aromatic carbocycles. The van der Waals surface area contributed by atoms with Crippen molar-refractivity contribution in [2.45, 2.75) is 18.9 Å². The molecular formula is C37H32FN9O6. The quantitative estimate of drug-likeness (QED) is 0.201. The van der Waals surface area contributed by atoms with E-state index >= 15 is 0 Å². The molecule has 0 bridgehead atoms. The minimum absolute atomic E-state index is 0.0148. The number of hydrogen-bond donors (Lipinski definition) is 3. The summed E-state index contributed by atoms with van der Waals surface area (Å²) in [5, 5.41) is 12.6. The van der Waals surface area contributed by atoms with E-state index < -0.39 is 35.5 Å². The highest BCUT2D eigenvalue weighted by molar-refractivity contribution is 6.23. The van der Waals surface area contributed by atoms with Gasteiger partial charge < -0.3 is 19.9 Å². The van der Waals surface area contributed by atoms with Crippen LogP contribution < -0.4 is 20.3 Å². The highest BCUT2D eigenvalue weighted by Crippen LogP contribution is 2.34. The molecule has 268 valence electrons. The molecule has 8 rings (SSSR count). The Morgan fingerprint density at radius 2 is 1.75 bits per heavy atom. The minimum Gasteiger partial charge on any atom is -0.496 e. The highest BCUT2D eigenvalue weighted by Gasteiger charge is 2.44. The Labute approximate surface area is 301 Å². The number of nitrogens with zero attached hydrogens (tertiary/aromatic N) is 6. The van der Waals surface area contributed by atoms with Gasteiger partial charge in [-0.05, 0) is 48.9 Å². The maximum Gasteiger partial charge on any atom is 0.262 e. The number of nitrogens with one attached hydrogen (secondary N) is 3. The number of benzene rings is 3. The summed E-state index contributed by atoms with van der Waals surface area (Å²) in [7, 11) is 1.46. The number of aromatic amines is 1. The smallest absolute Gasteiger partial charge is 0.262 e. The monoisotopic (exact) mass is 717 g/mol. The van der Waals surface area contributed by atoms with Gasteiger partial charge in [-0.25, -0.2) is 14.4 Å². The van der Waals surface area contributed by atoms with Crippen molar-refractivity contribution < 1.29 is 33.1 Å². The van der Waals surface area contributed by atoms with Gasteiger partial charge in [0.25, 0.3) is 11.8 Å². The van der Waals surface area contributed by atoms with Crippen LogP contribution in [-0.2, 0) is 14.4 Å². The zero-order valence-electron chi connectivity index (χ0n) is 28.4. The van der Waals surface area contributed by atoms with Crippen molar-refractivity contribution in [2.75, 3.05) is 50.1 Å². The Kier molecular flexibility index (Phi) is 8.48. The first-order valence-corrected chi connectivity index (χ1v) is 17.0. The van der Waals surface area contributed by atoms with Crippen LogP contribution in [0.4, 0.5) is 15.8 Å². The van der Waals surface area contributed by atoms with Gasteiger partial charge in [0.1, 0.15) is 34.3 Å². The average molecular weight is 718 g/mol. The fourth-order valence-corrected chi connectivity index (χ4v) is 6.94. The summed E-state index contributed by atoms with van der Waals surface area (Å²) >= 11 is 0. The van der Waals surface area contributed by atoms with E-state index in [0.29, 0.717) is 54.3 Å². The van der Waals surface area contributed by atoms with Gasteiger partial charge in [0, 0.05) is 49.5 Å². The number of rotatable bonds is 8. The third-order valence-corrected chi connectivity index (χ3v) is 9.74. The lowest BCUT2D eigenvalue weighted by atomic mass is 10.0. The molecule has 5 amide bonds. The molecule has 3 N–H and O–H groups in total. The maximum atomic E-state index is 14.8. The van der Waals surface area contributed by atoms with Crippen LogP contribution in [0.2, 0.25) is 0 Å². The van der Waals surface area contributed by atoms with Gasteiger partial charge in [-0.1, -0.05) is 18.2 Å². The van der Waals surface area contributed by atoms with Crippen LogP contribution in [0.25, 0.3) is 33.7 Å².